The minimum absolute atomic E-state index is 0.149. The Morgan fingerprint density at radius 3 is 2.38 bits per heavy atom. The van der Waals surface area contributed by atoms with Crippen LogP contribution in [0.3, 0.4) is 0 Å². The van der Waals surface area contributed by atoms with Crippen molar-refractivity contribution in [2.45, 2.75) is 25.7 Å². The molecule has 158 valence electrons. The van der Waals surface area contributed by atoms with Gasteiger partial charge >= 0.3 is 0 Å². The molecule has 0 heterocycles. The number of anilines is 1. The third-order valence-electron chi connectivity index (χ3n) is 4.27. The summed E-state index contributed by atoms with van der Waals surface area (Å²) in [5.41, 5.74) is 1.04. The molecule has 0 bridgehead atoms. The molecule has 0 saturated carbocycles. The number of rotatable bonds is 11. The van der Waals surface area contributed by atoms with Crippen molar-refractivity contribution in [3.05, 3.63) is 54.1 Å². The first-order chi connectivity index (χ1) is 13.9. The molecule has 0 aliphatic heterocycles. The Hall–Kier alpha value is -2.42. The number of benzene rings is 2. The number of aryl methyl sites for hydroxylation is 1. The molecule has 0 unspecified atom stereocenters. The molecule has 2 aromatic rings. The smallest absolute Gasteiger partial charge is 0.250 e. The van der Waals surface area contributed by atoms with Gasteiger partial charge in [-0.05, 0) is 36.8 Å². The maximum Gasteiger partial charge on any atom is 0.250 e. The summed E-state index contributed by atoms with van der Waals surface area (Å²) in [4.78, 5) is 12.3. The standard InChI is InChI=1S/C21H28N2O5S/c1-4-23(5-2)29(25,26)20-15-18(12-11-17(20)3)22-21(24)16-27-13-14-28-19-9-7-6-8-10-19/h6-12,15H,4-5,13-14,16H2,1-3H3,(H,22,24). The van der Waals surface area contributed by atoms with E-state index in [2.05, 4.69) is 5.32 Å². The molecule has 0 aliphatic rings. The van der Waals surface area contributed by atoms with Gasteiger partial charge in [0, 0.05) is 18.8 Å². The minimum Gasteiger partial charge on any atom is -0.491 e. The van der Waals surface area contributed by atoms with E-state index in [0.717, 1.165) is 5.75 Å². The third-order valence-corrected chi connectivity index (χ3v) is 6.46. The summed E-state index contributed by atoms with van der Waals surface area (Å²) >= 11 is 0. The van der Waals surface area contributed by atoms with Crippen molar-refractivity contribution in [3.63, 3.8) is 0 Å². The normalized spacial score (nSPS) is 11.4. The van der Waals surface area contributed by atoms with E-state index in [0.29, 0.717) is 30.9 Å². The highest BCUT2D eigenvalue weighted by atomic mass is 32.2. The van der Waals surface area contributed by atoms with Crippen LogP contribution in [0.15, 0.2) is 53.4 Å². The molecule has 1 amide bonds. The van der Waals surface area contributed by atoms with Crippen molar-refractivity contribution in [3.8, 4) is 5.75 Å². The predicted octanol–water partition coefficient (Wildman–Crippen LogP) is 3.06. The van der Waals surface area contributed by atoms with Crippen LogP contribution in [0.25, 0.3) is 0 Å². The van der Waals surface area contributed by atoms with Crippen molar-refractivity contribution in [2.24, 2.45) is 0 Å². The molecule has 0 spiro atoms. The summed E-state index contributed by atoms with van der Waals surface area (Å²) in [5.74, 6) is 0.377. The number of carbonyl (C=O) groups excluding carboxylic acids is 1. The highest BCUT2D eigenvalue weighted by molar-refractivity contribution is 7.89. The SMILES string of the molecule is CCN(CC)S(=O)(=O)c1cc(NC(=O)COCCOc2ccccc2)ccc1C. The lowest BCUT2D eigenvalue weighted by Gasteiger charge is -2.20. The number of carbonyl (C=O) groups is 1. The third kappa shape index (κ3) is 6.56. The Labute approximate surface area is 172 Å². The van der Waals surface area contributed by atoms with E-state index in [1.54, 1.807) is 32.9 Å². The number of ether oxygens (including phenoxy) is 2. The number of amides is 1. The van der Waals surface area contributed by atoms with Gasteiger partial charge in [0.2, 0.25) is 15.9 Å². The maximum atomic E-state index is 12.8. The van der Waals surface area contributed by atoms with Gasteiger partial charge in [-0.25, -0.2) is 8.42 Å². The van der Waals surface area contributed by atoms with E-state index in [4.69, 9.17) is 9.47 Å². The van der Waals surface area contributed by atoms with Gasteiger partial charge in [-0.2, -0.15) is 4.31 Å². The monoisotopic (exact) mass is 420 g/mol. The molecule has 1 N–H and O–H groups in total. The summed E-state index contributed by atoms with van der Waals surface area (Å²) < 4.78 is 37.8. The highest BCUT2D eigenvalue weighted by Gasteiger charge is 2.24. The van der Waals surface area contributed by atoms with Gasteiger partial charge in [0.25, 0.3) is 0 Å². The molecule has 0 aromatic heterocycles. The molecule has 8 heteroatoms. The van der Waals surface area contributed by atoms with E-state index in [1.807, 2.05) is 30.3 Å². The second-order valence-electron chi connectivity index (χ2n) is 6.33. The Morgan fingerprint density at radius 1 is 1.03 bits per heavy atom. The van der Waals surface area contributed by atoms with Gasteiger partial charge in [0.1, 0.15) is 19.0 Å². The zero-order valence-corrected chi connectivity index (χ0v) is 17.9. The van der Waals surface area contributed by atoms with Crippen molar-refractivity contribution in [1.29, 1.82) is 0 Å². The molecule has 0 fully saturated rings. The molecule has 0 saturated heterocycles. The first-order valence-electron chi connectivity index (χ1n) is 9.54. The highest BCUT2D eigenvalue weighted by Crippen LogP contribution is 2.23. The predicted molar refractivity (Wildman–Crippen MR) is 113 cm³/mol. The van der Waals surface area contributed by atoms with Gasteiger partial charge in [-0.15, -0.1) is 0 Å². The van der Waals surface area contributed by atoms with Crippen LogP contribution in [0.4, 0.5) is 5.69 Å². The number of hydrogen-bond donors (Lipinski definition) is 1. The van der Waals surface area contributed by atoms with Crippen LogP contribution in [0.2, 0.25) is 0 Å². The van der Waals surface area contributed by atoms with Gasteiger partial charge in [-0.1, -0.05) is 38.1 Å². The Kier molecular flexibility index (Phi) is 8.63. The fourth-order valence-electron chi connectivity index (χ4n) is 2.76. The number of nitrogens with zero attached hydrogens (tertiary/aromatic N) is 1. The Bertz CT molecular complexity index is 897. The van der Waals surface area contributed by atoms with Crippen molar-refractivity contribution in [2.75, 3.05) is 38.2 Å². The lowest BCUT2D eigenvalue weighted by atomic mass is 10.2. The molecule has 2 rings (SSSR count). The number of nitrogens with one attached hydrogen (secondary N) is 1. The van der Waals surface area contributed by atoms with Crippen molar-refractivity contribution in [1.82, 2.24) is 4.31 Å². The molecule has 0 atom stereocenters. The van der Waals surface area contributed by atoms with E-state index in [-0.39, 0.29) is 24.0 Å². The zero-order chi connectivity index (χ0) is 21.3. The topological polar surface area (TPSA) is 84.9 Å². The second kappa shape index (κ2) is 10.9. The zero-order valence-electron chi connectivity index (χ0n) is 17.1. The van der Waals surface area contributed by atoms with Crippen LogP contribution in [0.1, 0.15) is 19.4 Å². The van der Waals surface area contributed by atoms with Crippen LogP contribution in [-0.4, -0.2) is 51.5 Å². The number of para-hydroxylation sites is 1. The number of hydrogen-bond acceptors (Lipinski definition) is 5. The summed E-state index contributed by atoms with van der Waals surface area (Å²) in [7, 11) is -3.61. The van der Waals surface area contributed by atoms with E-state index in [9.17, 15) is 13.2 Å². The average Bonchev–Trinajstić information content (AvgIpc) is 2.70. The Morgan fingerprint density at radius 2 is 1.72 bits per heavy atom. The van der Waals surface area contributed by atoms with E-state index >= 15 is 0 Å². The quantitative estimate of drug-likeness (QED) is 0.565. The molecule has 7 nitrogen and oxygen atoms in total. The second-order valence-corrected chi connectivity index (χ2v) is 8.24. The Balaban J connectivity index is 1.88. The summed E-state index contributed by atoms with van der Waals surface area (Å²) in [6.45, 7) is 6.52. The van der Waals surface area contributed by atoms with Gasteiger partial charge in [0.15, 0.2) is 0 Å². The summed E-state index contributed by atoms with van der Waals surface area (Å²) in [6, 6.07) is 14.2. The van der Waals surface area contributed by atoms with E-state index < -0.39 is 10.0 Å². The fourth-order valence-corrected chi connectivity index (χ4v) is 4.46. The van der Waals surface area contributed by atoms with Gasteiger partial charge < -0.3 is 14.8 Å². The molecular weight excluding hydrogens is 392 g/mol. The van der Waals surface area contributed by atoms with E-state index in [1.165, 1.54) is 10.4 Å². The first-order valence-corrected chi connectivity index (χ1v) is 11.0. The van der Waals surface area contributed by atoms with Gasteiger partial charge in [0.05, 0.1) is 11.5 Å². The van der Waals surface area contributed by atoms with Gasteiger partial charge in [-0.3, -0.25) is 4.79 Å². The summed E-state index contributed by atoms with van der Waals surface area (Å²) in [5, 5.41) is 2.68. The average molecular weight is 421 g/mol. The first kappa shape index (κ1) is 22.9. The van der Waals surface area contributed by atoms with Crippen LogP contribution >= 0.6 is 0 Å². The van der Waals surface area contributed by atoms with Crippen LogP contribution < -0.4 is 10.1 Å². The van der Waals surface area contributed by atoms with Crippen LogP contribution in [0, 0.1) is 6.92 Å². The lowest BCUT2D eigenvalue weighted by molar-refractivity contribution is -0.120. The molecule has 29 heavy (non-hydrogen) atoms. The van der Waals surface area contributed by atoms with Crippen molar-refractivity contribution < 1.29 is 22.7 Å². The van der Waals surface area contributed by atoms with Crippen LogP contribution in [-0.2, 0) is 19.6 Å². The minimum atomic E-state index is -3.61. The summed E-state index contributed by atoms with van der Waals surface area (Å²) in [6.07, 6.45) is 0. The largest absolute Gasteiger partial charge is 0.491 e. The molecule has 0 radical (unpaired) electrons. The maximum absolute atomic E-state index is 12.8. The lowest BCUT2D eigenvalue weighted by Crippen LogP contribution is -2.31. The molecule has 0 aliphatic carbocycles. The van der Waals surface area contributed by atoms with Crippen LogP contribution in [0.5, 0.6) is 5.75 Å². The molecular formula is C21H28N2O5S. The number of sulfonamides is 1. The van der Waals surface area contributed by atoms with Crippen molar-refractivity contribution >= 4 is 21.6 Å². The molecule has 2 aromatic carbocycles. The fraction of sp³-hybridized carbons (Fsp3) is 0.381.